The van der Waals surface area contributed by atoms with Crippen molar-refractivity contribution in [3.63, 3.8) is 0 Å². The van der Waals surface area contributed by atoms with Crippen LogP contribution in [0.15, 0.2) is 30.3 Å². The Morgan fingerprint density at radius 1 is 1.16 bits per heavy atom. The first-order valence-corrected chi connectivity index (χ1v) is 10.7. The molecule has 3 aliphatic heterocycles. The van der Waals surface area contributed by atoms with Gasteiger partial charge in [-0.3, -0.25) is 9.59 Å². The molecule has 0 unspecified atom stereocenters. The van der Waals surface area contributed by atoms with Crippen molar-refractivity contribution < 1.29 is 18.0 Å². The molecule has 3 saturated heterocycles. The minimum atomic E-state index is -3.17. The molecular weight excluding hydrogens is 340 g/mol. The van der Waals surface area contributed by atoms with Gasteiger partial charge in [-0.25, -0.2) is 8.42 Å². The largest absolute Gasteiger partial charge is 0.340 e. The molecule has 0 N–H and O–H groups in total. The van der Waals surface area contributed by atoms with Gasteiger partial charge < -0.3 is 9.80 Å². The van der Waals surface area contributed by atoms with Crippen LogP contribution in [0.5, 0.6) is 0 Å². The zero-order valence-corrected chi connectivity index (χ0v) is 15.2. The lowest BCUT2D eigenvalue weighted by Gasteiger charge is -2.36. The van der Waals surface area contributed by atoms with E-state index in [0.29, 0.717) is 19.6 Å². The second kappa shape index (κ2) is 7.15. The summed E-state index contributed by atoms with van der Waals surface area (Å²) in [6, 6.07) is 9.87. The molecule has 3 heterocycles. The standard InChI is InChI=1S/C18H24N2O4S/c1-25(23,24)10-9-17(21)19-12-15-7-8-16(13-19)20(18(15)22)11-14-5-3-2-4-6-14/h2-6,15-16H,7-13H2,1H3/t15-,16+/m0/s1. The van der Waals surface area contributed by atoms with Crippen molar-refractivity contribution >= 4 is 21.7 Å². The van der Waals surface area contributed by atoms with Crippen LogP contribution < -0.4 is 0 Å². The van der Waals surface area contributed by atoms with Gasteiger partial charge in [0.2, 0.25) is 11.8 Å². The minimum Gasteiger partial charge on any atom is -0.340 e. The van der Waals surface area contributed by atoms with E-state index in [9.17, 15) is 18.0 Å². The predicted molar refractivity (Wildman–Crippen MR) is 94.4 cm³/mol. The fourth-order valence-corrected chi connectivity index (χ4v) is 4.21. The Bertz CT molecular complexity index is 748. The number of piperidine rings is 1. The number of benzene rings is 1. The van der Waals surface area contributed by atoms with Gasteiger partial charge in [0.25, 0.3) is 0 Å². The highest BCUT2D eigenvalue weighted by atomic mass is 32.2. The van der Waals surface area contributed by atoms with Gasteiger partial charge in [0, 0.05) is 38.4 Å². The fourth-order valence-electron chi connectivity index (χ4n) is 3.66. The summed E-state index contributed by atoms with van der Waals surface area (Å²) in [5.74, 6) is -0.376. The minimum absolute atomic E-state index is 0.00800. The molecule has 3 fully saturated rings. The first-order valence-electron chi connectivity index (χ1n) is 8.63. The lowest BCUT2D eigenvalue weighted by Crippen LogP contribution is -2.47. The number of nitrogens with zero attached hydrogens (tertiary/aromatic N) is 2. The van der Waals surface area contributed by atoms with Crippen molar-refractivity contribution in [2.24, 2.45) is 5.92 Å². The van der Waals surface area contributed by atoms with Gasteiger partial charge in [0.15, 0.2) is 0 Å². The molecule has 0 aliphatic carbocycles. The van der Waals surface area contributed by atoms with Crippen molar-refractivity contribution in [1.82, 2.24) is 9.80 Å². The van der Waals surface area contributed by atoms with Gasteiger partial charge in [-0.05, 0) is 18.4 Å². The first kappa shape index (κ1) is 17.9. The normalized spacial score (nSPS) is 23.6. The zero-order chi connectivity index (χ0) is 18.0. The van der Waals surface area contributed by atoms with Gasteiger partial charge >= 0.3 is 0 Å². The summed E-state index contributed by atoms with van der Waals surface area (Å²) in [6.45, 7) is 1.47. The van der Waals surface area contributed by atoms with E-state index in [1.54, 1.807) is 4.90 Å². The van der Waals surface area contributed by atoms with E-state index in [1.807, 2.05) is 35.2 Å². The Kier molecular flexibility index (Phi) is 5.13. The smallest absolute Gasteiger partial charge is 0.228 e. The van der Waals surface area contributed by atoms with E-state index < -0.39 is 9.84 Å². The van der Waals surface area contributed by atoms with E-state index in [-0.39, 0.29) is 35.9 Å². The summed E-state index contributed by atoms with van der Waals surface area (Å²) < 4.78 is 22.6. The molecule has 0 saturated carbocycles. The number of rotatable bonds is 5. The quantitative estimate of drug-likeness (QED) is 0.783. The third-order valence-electron chi connectivity index (χ3n) is 5.03. The monoisotopic (exact) mass is 364 g/mol. The summed E-state index contributed by atoms with van der Waals surface area (Å²) in [7, 11) is -3.17. The molecule has 7 heteroatoms. The number of carbonyl (C=O) groups is 2. The van der Waals surface area contributed by atoms with E-state index in [0.717, 1.165) is 24.7 Å². The SMILES string of the molecule is CS(=O)(=O)CCC(=O)N1C[C@@H]2CC[C@H](C1)N(Cc1ccccc1)C2=O. The third kappa shape index (κ3) is 4.39. The predicted octanol–water partition coefficient (Wildman–Crippen LogP) is 1.07. The Balaban J connectivity index is 1.71. The van der Waals surface area contributed by atoms with Crippen molar-refractivity contribution in [3.8, 4) is 0 Å². The highest BCUT2D eigenvalue weighted by molar-refractivity contribution is 7.90. The molecule has 6 nitrogen and oxygen atoms in total. The fraction of sp³-hybridized carbons (Fsp3) is 0.556. The zero-order valence-electron chi connectivity index (χ0n) is 14.4. The highest BCUT2D eigenvalue weighted by Crippen LogP contribution is 2.30. The molecule has 2 bridgehead atoms. The van der Waals surface area contributed by atoms with E-state index in [1.165, 1.54) is 0 Å². The maximum absolute atomic E-state index is 12.8. The van der Waals surface area contributed by atoms with Crippen LogP contribution in [0.4, 0.5) is 0 Å². The highest BCUT2D eigenvalue weighted by Gasteiger charge is 2.41. The van der Waals surface area contributed by atoms with Crippen LogP contribution in [0.3, 0.4) is 0 Å². The molecule has 2 amide bonds. The molecule has 0 radical (unpaired) electrons. The lowest BCUT2D eigenvalue weighted by molar-refractivity contribution is -0.140. The molecule has 25 heavy (non-hydrogen) atoms. The van der Waals surface area contributed by atoms with Gasteiger partial charge in [0.05, 0.1) is 11.7 Å². The summed E-state index contributed by atoms with van der Waals surface area (Å²) >= 11 is 0. The number of hydrogen-bond donors (Lipinski definition) is 0. The van der Waals surface area contributed by atoms with Gasteiger partial charge in [-0.2, -0.15) is 0 Å². The Morgan fingerprint density at radius 2 is 1.88 bits per heavy atom. The summed E-state index contributed by atoms with van der Waals surface area (Å²) in [5.41, 5.74) is 1.08. The summed E-state index contributed by atoms with van der Waals surface area (Å²) in [6.07, 6.45) is 2.81. The Morgan fingerprint density at radius 3 is 2.56 bits per heavy atom. The van der Waals surface area contributed by atoms with E-state index >= 15 is 0 Å². The average Bonchev–Trinajstić information content (AvgIpc) is 2.86. The molecule has 1 aromatic carbocycles. The summed E-state index contributed by atoms with van der Waals surface area (Å²) in [4.78, 5) is 28.8. The first-order chi connectivity index (χ1) is 11.8. The van der Waals surface area contributed by atoms with Crippen molar-refractivity contribution in [2.75, 3.05) is 25.1 Å². The molecule has 1 aromatic rings. The van der Waals surface area contributed by atoms with Gasteiger partial charge in [0.1, 0.15) is 9.84 Å². The number of carbonyl (C=O) groups excluding carboxylic acids is 2. The second-order valence-corrected chi connectivity index (χ2v) is 9.32. The maximum atomic E-state index is 12.8. The molecular formula is C18H24N2O4S. The lowest BCUT2D eigenvalue weighted by atomic mass is 9.93. The van der Waals surface area contributed by atoms with E-state index in [2.05, 4.69) is 0 Å². The van der Waals surface area contributed by atoms with Crippen LogP contribution in [0, 0.1) is 5.92 Å². The number of sulfone groups is 1. The van der Waals surface area contributed by atoms with Crippen molar-refractivity contribution in [2.45, 2.75) is 31.8 Å². The molecule has 0 aromatic heterocycles. The van der Waals surface area contributed by atoms with Gasteiger partial charge in [-0.1, -0.05) is 30.3 Å². The molecule has 136 valence electrons. The van der Waals surface area contributed by atoms with Crippen LogP contribution in [-0.2, 0) is 26.0 Å². The molecule has 0 spiro atoms. The van der Waals surface area contributed by atoms with Crippen LogP contribution in [0.25, 0.3) is 0 Å². The van der Waals surface area contributed by atoms with Crippen LogP contribution >= 0.6 is 0 Å². The second-order valence-electron chi connectivity index (χ2n) is 7.06. The molecule has 3 aliphatic rings. The molecule has 2 atom stereocenters. The molecule has 4 rings (SSSR count). The van der Waals surface area contributed by atoms with Gasteiger partial charge in [-0.15, -0.1) is 0 Å². The number of fused-ring (bicyclic) bond motifs is 4. The van der Waals surface area contributed by atoms with Crippen molar-refractivity contribution in [1.29, 1.82) is 0 Å². The Hall–Kier alpha value is -1.89. The van der Waals surface area contributed by atoms with E-state index in [4.69, 9.17) is 0 Å². The maximum Gasteiger partial charge on any atom is 0.228 e. The van der Waals surface area contributed by atoms with Crippen molar-refractivity contribution in [3.05, 3.63) is 35.9 Å². The Labute approximate surface area is 148 Å². The number of hydrogen-bond acceptors (Lipinski definition) is 4. The number of amides is 2. The average molecular weight is 364 g/mol. The van der Waals surface area contributed by atoms with Crippen LogP contribution in [0.1, 0.15) is 24.8 Å². The summed E-state index contributed by atoms with van der Waals surface area (Å²) in [5, 5.41) is 0. The van der Waals surface area contributed by atoms with Crippen LogP contribution in [0.2, 0.25) is 0 Å². The topological polar surface area (TPSA) is 74.8 Å². The third-order valence-corrected chi connectivity index (χ3v) is 5.97. The van der Waals surface area contributed by atoms with Crippen LogP contribution in [-0.4, -0.2) is 61.2 Å².